The maximum absolute atomic E-state index is 8.97. The van der Waals surface area contributed by atoms with Gasteiger partial charge in [-0.1, -0.05) is 6.92 Å². The van der Waals surface area contributed by atoms with Crippen LogP contribution in [0.3, 0.4) is 0 Å². The lowest BCUT2D eigenvalue weighted by molar-refractivity contribution is 0.455. The van der Waals surface area contributed by atoms with E-state index in [2.05, 4.69) is 28.3 Å². The van der Waals surface area contributed by atoms with E-state index in [1.54, 1.807) is 24.4 Å². The number of rotatable bonds is 5. The van der Waals surface area contributed by atoms with Crippen molar-refractivity contribution in [1.29, 1.82) is 5.26 Å². The third-order valence-corrected chi connectivity index (χ3v) is 2.96. The summed E-state index contributed by atoms with van der Waals surface area (Å²) in [7, 11) is 0. The lowest BCUT2D eigenvalue weighted by atomic mass is 10.1. The molecule has 0 saturated carbocycles. The molecule has 0 aliphatic heterocycles. The molecule has 0 unspecified atom stereocenters. The normalized spacial score (nSPS) is 10.0. The number of hydrogen-bond donors (Lipinski definition) is 1. The summed E-state index contributed by atoms with van der Waals surface area (Å²) < 4.78 is 5.86. The van der Waals surface area contributed by atoms with E-state index in [-0.39, 0.29) is 0 Å². The van der Waals surface area contributed by atoms with Crippen LogP contribution < -0.4 is 10.1 Å². The molecule has 5 nitrogen and oxygen atoms in total. The first-order valence-electron chi connectivity index (χ1n) is 6.90. The van der Waals surface area contributed by atoms with Gasteiger partial charge in [-0.25, -0.2) is 4.98 Å². The van der Waals surface area contributed by atoms with Crippen LogP contribution in [-0.4, -0.2) is 16.5 Å². The Labute approximate surface area is 124 Å². The zero-order valence-corrected chi connectivity index (χ0v) is 12.5. The predicted octanol–water partition coefficient (Wildman–Crippen LogP) is 3.58. The van der Waals surface area contributed by atoms with Gasteiger partial charge in [0.05, 0.1) is 11.6 Å². The number of anilines is 1. The minimum Gasteiger partial charge on any atom is -0.438 e. The van der Waals surface area contributed by atoms with E-state index in [0.29, 0.717) is 17.4 Å². The molecule has 0 atom stereocenters. The van der Waals surface area contributed by atoms with E-state index in [4.69, 9.17) is 10.00 Å². The molecule has 1 heterocycles. The van der Waals surface area contributed by atoms with Crippen molar-refractivity contribution in [2.75, 3.05) is 11.9 Å². The van der Waals surface area contributed by atoms with Gasteiger partial charge in [0.15, 0.2) is 0 Å². The average molecular weight is 282 g/mol. The highest BCUT2D eigenvalue weighted by Gasteiger charge is 2.09. The Morgan fingerprint density at radius 1 is 1.29 bits per heavy atom. The largest absolute Gasteiger partial charge is 0.438 e. The van der Waals surface area contributed by atoms with Crippen molar-refractivity contribution in [3.05, 3.63) is 41.1 Å². The maximum Gasteiger partial charge on any atom is 0.225 e. The van der Waals surface area contributed by atoms with E-state index < -0.39 is 0 Å². The second-order valence-corrected chi connectivity index (χ2v) is 4.80. The predicted molar refractivity (Wildman–Crippen MR) is 81.5 cm³/mol. The third kappa shape index (κ3) is 3.69. The van der Waals surface area contributed by atoms with Crippen molar-refractivity contribution in [1.82, 2.24) is 9.97 Å². The number of ether oxygens (including phenoxy) is 1. The fourth-order valence-corrected chi connectivity index (χ4v) is 2.00. The summed E-state index contributed by atoms with van der Waals surface area (Å²) in [5, 5.41) is 12.1. The fourth-order valence-electron chi connectivity index (χ4n) is 2.00. The van der Waals surface area contributed by atoms with Crippen LogP contribution in [0.15, 0.2) is 24.4 Å². The Balaban J connectivity index is 2.24. The fraction of sp³-hybridized carbons (Fsp3) is 0.312. The topological polar surface area (TPSA) is 70.8 Å². The van der Waals surface area contributed by atoms with Crippen molar-refractivity contribution in [3.8, 4) is 17.7 Å². The van der Waals surface area contributed by atoms with E-state index in [1.165, 1.54) is 0 Å². The Hall–Kier alpha value is -2.61. The molecule has 21 heavy (non-hydrogen) atoms. The summed E-state index contributed by atoms with van der Waals surface area (Å²) in [6, 6.07) is 7.47. The molecule has 0 saturated heterocycles. The Morgan fingerprint density at radius 2 is 2.00 bits per heavy atom. The molecule has 0 bridgehead atoms. The van der Waals surface area contributed by atoms with Crippen LogP contribution in [0.25, 0.3) is 0 Å². The summed E-state index contributed by atoms with van der Waals surface area (Å²) in [5.41, 5.74) is 2.45. The van der Waals surface area contributed by atoms with E-state index in [9.17, 15) is 0 Å². The van der Waals surface area contributed by atoms with E-state index in [0.717, 1.165) is 29.8 Å². The van der Waals surface area contributed by atoms with Crippen LogP contribution >= 0.6 is 0 Å². The molecule has 0 aliphatic carbocycles. The number of hydrogen-bond acceptors (Lipinski definition) is 5. The highest BCUT2D eigenvalue weighted by atomic mass is 16.5. The van der Waals surface area contributed by atoms with Crippen molar-refractivity contribution < 1.29 is 4.74 Å². The second-order valence-electron chi connectivity index (χ2n) is 4.80. The smallest absolute Gasteiger partial charge is 0.225 e. The molecule has 0 radical (unpaired) electrons. The Kier molecular flexibility index (Phi) is 4.72. The molecule has 1 N–H and O–H groups in total. The van der Waals surface area contributed by atoms with Gasteiger partial charge in [0.25, 0.3) is 0 Å². The minimum absolute atomic E-state index is 0.486. The average Bonchev–Trinajstić information content (AvgIpc) is 2.49. The van der Waals surface area contributed by atoms with Gasteiger partial charge in [0.1, 0.15) is 5.75 Å². The van der Waals surface area contributed by atoms with E-state index >= 15 is 0 Å². The highest BCUT2D eigenvalue weighted by molar-refractivity contribution is 5.48. The molecule has 0 aliphatic rings. The summed E-state index contributed by atoms with van der Waals surface area (Å²) in [6.07, 6.45) is 2.66. The van der Waals surface area contributed by atoms with Crippen LogP contribution in [0.2, 0.25) is 0 Å². The van der Waals surface area contributed by atoms with E-state index in [1.807, 2.05) is 13.8 Å². The molecular weight excluding hydrogens is 264 g/mol. The first kappa shape index (κ1) is 14.8. The Morgan fingerprint density at radius 3 is 2.62 bits per heavy atom. The van der Waals surface area contributed by atoms with Crippen LogP contribution in [-0.2, 0) is 0 Å². The van der Waals surface area contributed by atoms with Crippen LogP contribution in [0.4, 0.5) is 5.95 Å². The molecule has 1 aromatic carbocycles. The van der Waals surface area contributed by atoms with Gasteiger partial charge < -0.3 is 10.1 Å². The van der Waals surface area contributed by atoms with Gasteiger partial charge in [-0.2, -0.15) is 10.2 Å². The molecular formula is C16H18N4O. The van der Waals surface area contributed by atoms with Gasteiger partial charge >= 0.3 is 0 Å². The van der Waals surface area contributed by atoms with Gasteiger partial charge in [-0.3, -0.25) is 0 Å². The third-order valence-electron chi connectivity index (χ3n) is 2.96. The SMILES string of the molecule is CCCNc1nccc(Oc2c(C)cc(C#N)cc2C)n1. The zero-order chi connectivity index (χ0) is 15.2. The lowest BCUT2D eigenvalue weighted by Crippen LogP contribution is -2.04. The van der Waals surface area contributed by atoms with Gasteiger partial charge in [0.2, 0.25) is 11.8 Å². The number of aromatic nitrogens is 2. The summed E-state index contributed by atoms with van der Waals surface area (Å²) in [4.78, 5) is 8.47. The first-order valence-corrected chi connectivity index (χ1v) is 6.90. The van der Waals surface area contributed by atoms with Gasteiger partial charge in [0, 0.05) is 18.8 Å². The van der Waals surface area contributed by atoms with Crippen molar-refractivity contribution >= 4 is 5.95 Å². The van der Waals surface area contributed by atoms with Crippen LogP contribution in [0.5, 0.6) is 11.6 Å². The lowest BCUT2D eigenvalue weighted by Gasteiger charge is -2.12. The minimum atomic E-state index is 0.486. The quantitative estimate of drug-likeness (QED) is 0.907. The van der Waals surface area contributed by atoms with Gasteiger partial charge in [-0.05, 0) is 43.5 Å². The highest BCUT2D eigenvalue weighted by Crippen LogP contribution is 2.29. The number of benzene rings is 1. The molecule has 0 fully saturated rings. The summed E-state index contributed by atoms with van der Waals surface area (Å²) in [6.45, 7) is 6.73. The zero-order valence-electron chi connectivity index (χ0n) is 12.5. The molecule has 0 amide bonds. The number of nitriles is 1. The standard InChI is InChI=1S/C16H18N4O/c1-4-6-18-16-19-7-5-14(20-16)21-15-11(2)8-13(10-17)9-12(15)3/h5,7-9H,4,6H2,1-3H3,(H,18,19,20). The molecule has 2 rings (SSSR count). The monoisotopic (exact) mass is 282 g/mol. The number of aryl methyl sites for hydroxylation is 2. The molecule has 5 heteroatoms. The molecule has 0 spiro atoms. The molecule has 108 valence electrons. The van der Waals surface area contributed by atoms with Crippen LogP contribution in [0.1, 0.15) is 30.0 Å². The molecule has 2 aromatic rings. The number of nitrogens with zero attached hydrogens (tertiary/aromatic N) is 3. The summed E-state index contributed by atoms with van der Waals surface area (Å²) in [5.74, 6) is 1.77. The van der Waals surface area contributed by atoms with Crippen LogP contribution in [0, 0.1) is 25.2 Å². The molecule has 1 aromatic heterocycles. The summed E-state index contributed by atoms with van der Waals surface area (Å²) >= 11 is 0. The Bertz CT molecular complexity index is 653. The maximum atomic E-state index is 8.97. The van der Waals surface area contributed by atoms with Crippen molar-refractivity contribution in [3.63, 3.8) is 0 Å². The van der Waals surface area contributed by atoms with Crippen molar-refractivity contribution in [2.24, 2.45) is 0 Å². The second kappa shape index (κ2) is 6.71. The van der Waals surface area contributed by atoms with Gasteiger partial charge in [-0.15, -0.1) is 0 Å². The number of nitrogens with one attached hydrogen (secondary N) is 1. The first-order chi connectivity index (χ1) is 10.1. The van der Waals surface area contributed by atoms with Crippen molar-refractivity contribution in [2.45, 2.75) is 27.2 Å².